The van der Waals surface area contributed by atoms with E-state index >= 15 is 0 Å². The van der Waals surface area contributed by atoms with Crippen LogP contribution in [0.15, 0.2) is 78.9 Å². The summed E-state index contributed by atoms with van der Waals surface area (Å²) >= 11 is 0. The molecule has 4 aromatic rings. The maximum Gasteiger partial charge on any atom is 0.253 e. The fraction of sp³-hybridized carbons (Fsp3) is 0.0952. The van der Waals surface area contributed by atoms with E-state index in [-0.39, 0.29) is 5.91 Å². The zero-order valence-electron chi connectivity index (χ0n) is 14.7. The summed E-state index contributed by atoms with van der Waals surface area (Å²) in [4.78, 5) is 12.8. The van der Waals surface area contributed by atoms with Crippen molar-refractivity contribution in [1.82, 2.24) is 20.3 Å². The summed E-state index contributed by atoms with van der Waals surface area (Å²) in [6.45, 7) is 0. The van der Waals surface area contributed by atoms with Gasteiger partial charge in [-0.05, 0) is 42.0 Å². The van der Waals surface area contributed by atoms with Crippen molar-refractivity contribution in [3.8, 4) is 5.75 Å². The van der Waals surface area contributed by atoms with Crippen molar-refractivity contribution in [2.24, 2.45) is 0 Å². The predicted molar refractivity (Wildman–Crippen MR) is 103 cm³/mol. The monoisotopic (exact) mass is 358 g/mol. The zero-order chi connectivity index (χ0) is 18.6. The molecule has 6 heteroatoms. The van der Waals surface area contributed by atoms with Gasteiger partial charge in [0, 0.05) is 5.56 Å². The lowest BCUT2D eigenvalue weighted by atomic mass is 10.1. The summed E-state index contributed by atoms with van der Waals surface area (Å²) < 4.78 is 6.88. The number of nitrogens with one attached hydrogen (secondary N) is 1. The summed E-state index contributed by atoms with van der Waals surface area (Å²) in [6, 6.07) is 24.4. The van der Waals surface area contributed by atoms with E-state index in [1.807, 2.05) is 54.6 Å². The second-order valence-corrected chi connectivity index (χ2v) is 6.04. The lowest BCUT2D eigenvalue weighted by Gasteiger charge is -2.20. The van der Waals surface area contributed by atoms with Crippen LogP contribution in [0.3, 0.4) is 0 Å². The topological polar surface area (TPSA) is 69.0 Å². The average molecular weight is 358 g/mol. The Kier molecular flexibility index (Phi) is 4.53. The first-order chi connectivity index (χ1) is 13.3. The molecule has 1 atom stereocenters. The molecule has 134 valence electrons. The number of benzene rings is 3. The molecule has 1 N–H and O–H groups in total. The van der Waals surface area contributed by atoms with Crippen LogP contribution in [0, 0.1) is 0 Å². The summed E-state index contributed by atoms with van der Waals surface area (Å²) in [6.07, 6.45) is -0.479. The summed E-state index contributed by atoms with van der Waals surface area (Å²) in [7, 11) is 1.59. The van der Waals surface area contributed by atoms with Gasteiger partial charge >= 0.3 is 0 Å². The van der Waals surface area contributed by atoms with E-state index in [1.165, 1.54) is 0 Å². The van der Waals surface area contributed by atoms with Gasteiger partial charge in [-0.3, -0.25) is 4.79 Å². The first-order valence-electron chi connectivity index (χ1n) is 8.56. The van der Waals surface area contributed by atoms with Crippen LogP contribution in [0.2, 0.25) is 0 Å². The molecule has 0 fully saturated rings. The quantitative estimate of drug-likeness (QED) is 0.593. The minimum Gasteiger partial charge on any atom is -0.497 e. The van der Waals surface area contributed by atoms with Gasteiger partial charge in [0.25, 0.3) is 5.91 Å². The minimum atomic E-state index is -0.479. The zero-order valence-corrected chi connectivity index (χ0v) is 14.7. The number of carbonyl (C=O) groups is 1. The Bertz CT molecular complexity index is 1060. The molecule has 0 aliphatic carbocycles. The SMILES string of the molecule is COc1ccc(C(=O)N[C@@H](c2ccccc2)n2nnc3ccccc32)cc1. The predicted octanol–water partition coefficient (Wildman–Crippen LogP) is 3.42. The van der Waals surface area contributed by atoms with Crippen LogP contribution in [0.25, 0.3) is 11.0 Å². The third-order valence-electron chi connectivity index (χ3n) is 4.36. The Morgan fingerprint density at radius 2 is 1.67 bits per heavy atom. The van der Waals surface area contributed by atoms with Crippen molar-refractivity contribution in [2.45, 2.75) is 6.17 Å². The second-order valence-electron chi connectivity index (χ2n) is 6.04. The number of hydrogen-bond acceptors (Lipinski definition) is 4. The highest BCUT2D eigenvalue weighted by molar-refractivity contribution is 5.94. The van der Waals surface area contributed by atoms with E-state index in [1.54, 1.807) is 36.1 Å². The van der Waals surface area contributed by atoms with Crippen LogP contribution < -0.4 is 10.1 Å². The maximum absolute atomic E-state index is 12.8. The minimum absolute atomic E-state index is 0.203. The van der Waals surface area contributed by atoms with Crippen molar-refractivity contribution in [1.29, 1.82) is 0 Å². The van der Waals surface area contributed by atoms with E-state index in [2.05, 4.69) is 15.6 Å². The van der Waals surface area contributed by atoms with Gasteiger partial charge in [-0.2, -0.15) is 0 Å². The van der Waals surface area contributed by atoms with Crippen LogP contribution >= 0.6 is 0 Å². The van der Waals surface area contributed by atoms with Gasteiger partial charge < -0.3 is 10.1 Å². The molecule has 1 heterocycles. The molecule has 0 bridgehead atoms. The lowest BCUT2D eigenvalue weighted by Crippen LogP contribution is -2.33. The highest BCUT2D eigenvalue weighted by atomic mass is 16.5. The molecule has 0 spiro atoms. The number of ether oxygens (including phenoxy) is 1. The molecule has 0 aliphatic rings. The van der Waals surface area contributed by atoms with Crippen LogP contribution in [-0.4, -0.2) is 28.0 Å². The first-order valence-corrected chi connectivity index (χ1v) is 8.56. The smallest absolute Gasteiger partial charge is 0.253 e. The number of amides is 1. The maximum atomic E-state index is 12.8. The normalized spacial score (nSPS) is 11.9. The second kappa shape index (κ2) is 7.29. The van der Waals surface area contributed by atoms with E-state index in [9.17, 15) is 4.79 Å². The molecule has 0 unspecified atom stereocenters. The summed E-state index contributed by atoms with van der Waals surface area (Å²) in [5.74, 6) is 0.500. The molecule has 4 rings (SSSR count). The number of carbonyl (C=O) groups excluding carboxylic acids is 1. The molecular weight excluding hydrogens is 340 g/mol. The van der Waals surface area contributed by atoms with E-state index in [0.717, 1.165) is 16.6 Å². The highest BCUT2D eigenvalue weighted by Gasteiger charge is 2.20. The molecular formula is C21H18N4O2. The molecule has 3 aromatic carbocycles. The van der Waals surface area contributed by atoms with Gasteiger partial charge in [-0.25, -0.2) is 4.68 Å². The Hall–Kier alpha value is -3.67. The van der Waals surface area contributed by atoms with Gasteiger partial charge in [0.2, 0.25) is 0 Å². The summed E-state index contributed by atoms with van der Waals surface area (Å²) in [5.41, 5.74) is 3.08. The van der Waals surface area contributed by atoms with E-state index in [4.69, 9.17) is 4.74 Å². The third kappa shape index (κ3) is 3.37. The molecule has 1 amide bonds. The first kappa shape index (κ1) is 16.8. The van der Waals surface area contributed by atoms with Crippen molar-refractivity contribution in [3.05, 3.63) is 90.0 Å². The molecule has 0 radical (unpaired) electrons. The fourth-order valence-corrected chi connectivity index (χ4v) is 2.95. The van der Waals surface area contributed by atoms with Crippen molar-refractivity contribution in [2.75, 3.05) is 7.11 Å². The average Bonchev–Trinajstić information content (AvgIpc) is 3.16. The van der Waals surface area contributed by atoms with Gasteiger partial charge in [-0.1, -0.05) is 47.7 Å². The Morgan fingerprint density at radius 1 is 0.963 bits per heavy atom. The van der Waals surface area contributed by atoms with Crippen LogP contribution in [0.4, 0.5) is 0 Å². The van der Waals surface area contributed by atoms with Gasteiger partial charge in [0.15, 0.2) is 6.17 Å². The van der Waals surface area contributed by atoms with Gasteiger partial charge in [0.1, 0.15) is 11.3 Å². The number of fused-ring (bicyclic) bond motifs is 1. The molecule has 1 aromatic heterocycles. The van der Waals surface area contributed by atoms with Crippen LogP contribution in [0.1, 0.15) is 22.1 Å². The van der Waals surface area contributed by atoms with E-state index in [0.29, 0.717) is 11.3 Å². The fourth-order valence-electron chi connectivity index (χ4n) is 2.95. The standard InChI is InChI=1S/C21H18N4O2/c1-27-17-13-11-16(12-14-17)21(26)22-20(15-7-3-2-4-8-15)25-19-10-6-5-9-18(19)23-24-25/h2-14,20H,1H3,(H,22,26)/t20-/m1/s1. The number of rotatable bonds is 5. The molecule has 0 aliphatic heterocycles. The highest BCUT2D eigenvalue weighted by Crippen LogP contribution is 2.21. The molecule has 27 heavy (non-hydrogen) atoms. The van der Waals surface area contributed by atoms with E-state index < -0.39 is 6.17 Å². The molecule has 6 nitrogen and oxygen atoms in total. The Morgan fingerprint density at radius 3 is 2.41 bits per heavy atom. The Labute approximate surface area is 156 Å². The lowest BCUT2D eigenvalue weighted by molar-refractivity contribution is 0.0927. The van der Waals surface area contributed by atoms with Crippen molar-refractivity contribution in [3.63, 3.8) is 0 Å². The molecule has 0 saturated heterocycles. The summed E-state index contributed by atoms with van der Waals surface area (Å²) in [5, 5.41) is 11.6. The third-order valence-corrected chi connectivity index (χ3v) is 4.36. The number of para-hydroxylation sites is 1. The number of nitrogens with zero attached hydrogens (tertiary/aromatic N) is 3. The van der Waals surface area contributed by atoms with Gasteiger partial charge in [0.05, 0.1) is 12.6 Å². The van der Waals surface area contributed by atoms with Crippen LogP contribution in [-0.2, 0) is 0 Å². The largest absolute Gasteiger partial charge is 0.497 e. The Balaban J connectivity index is 1.71. The van der Waals surface area contributed by atoms with Gasteiger partial charge in [-0.15, -0.1) is 5.10 Å². The molecule has 0 saturated carbocycles. The van der Waals surface area contributed by atoms with Crippen molar-refractivity contribution >= 4 is 16.9 Å². The number of hydrogen-bond donors (Lipinski definition) is 1. The number of methoxy groups -OCH3 is 1. The van der Waals surface area contributed by atoms with Crippen molar-refractivity contribution < 1.29 is 9.53 Å². The van der Waals surface area contributed by atoms with Crippen LogP contribution in [0.5, 0.6) is 5.75 Å². The number of aromatic nitrogens is 3.